The van der Waals surface area contributed by atoms with Crippen LogP contribution in [0.4, 0.5) is 14.6 Å². The second-order valence-electron chi connectivity index (χ2n) is 6.26. The number of nitrogens with zero attached hydrogens (tertiary/aromatic N) is 2. The number of nitrogens with one attached hydrogen (secondary N) is 3. The third-order valence-electron chi connectivity index (χ3n) is 4.10. The first-order valence-corrected chi connectivity index (χ1v) is 9.93. The van der Waals surface area contributed by atoms with Crippen LogP contribution in [0.15, 0.2) is 47.6 Å². The molecule has 2 aromatic rings. The van der Waals surface area contributed by atoms with E-state index in [9.17, 15) is 8.78 Å². The van der Waals surface area contributed by atoms with E-state index in [0.717, 1.165) is 31.7 Å². The molecule has 0 saturated carbocycles. The zero-order valence-electron chi connectivity index (χ0n) is 17.3. The molecule has 30 heavy (non-hydrogen) atoms. The molecule has 0 aliphatic carbocycles. The fraction of sp³-hybridized carbons (Fsp3) is 0.429. The Balaban J connectivity index is 1.77. The third kappa shape index (κ3) is 8.10. The number of halogens is 2. The van der Waals surface area contributed by atoms with Crippen LogP contribution in [0.5, 0.6) is 11.5 Å². The van der Waals surface area contributed by atoms with Crippen molar-refractivity contribution < 1.29 is 18.3 Å². The van der Waals surface area contributed by atoms with Crippen LogP contribution in [-0.2, 0) is 6.54 Å². The normalized spacial score (nSPS) is 11.3. The quantitative estimate of drug-likeness (QED) is 0.276. The van der Waals surface area contributed by atoms with Gasteiger partial charge in [0, 0.05) is 38.4 Å². The fourth-order valence-electron chi connectivity index (χ4n) is 2.73. The van der Waals surface area contributed by atoms with Crippen LogP contribution >= 0.6 is 0 Å². The van der Waals surface area contributed by atoms with Crippen molar-refractivity contribution in [1.82, 2.24) is 15.6 Å². The van der Waals surface area contributed by atoms with Crippen LogP contribution in [0.2, 0.25) is 0 Å². The maximum Gasteiger partial charge on any atom is 0.387 e. The minimum Gasteiger partial charge on any atom is -0.490 e. The summed E-state index contributed by atoms with van der Waals surface area (Å²) in [6, 6.07) is 10.8. The number of alkyl halides is 2. The van der Waals surface area contributed by atoms with Crippen molar-refractivity contribution in [1.29, 1.82) is 0 Å². The number of anilines is 1. The number of benzene rings is 1. The van der Waals surface area contributed by atoms with E-state index in [2.05, 4.69) is 30.7 Å². The number of para-hydroxylation sites is 1. The summed E-state index contributed by atoms with van der Waals surface area (Å²) < 4.78 is 35.7. The van der Waals surface area contributed by atoms with Crippen LogP contribution in [0, 0.1) is 0 Å². The molecule has 3 N–H and O–H groups in total. The van der Waals surface area contributed by atoms with Gasteiger partial charge in [0.15, 0.2) is 17.5 Å². The van der Waals surface area contributed by atoms with Gasteiger partial charge < -0.3 is 25.4 Å². The second kappa shape index (κ2) is 13.2. The summed E-state index contributed by atoms with van der Waals surface area (Å²) in [4.78, 5) is 8.38. The zero-order chi connectivity index (χ0) is 21.6. The predicted octanol–water partition coefficient (Wildman–Crippen LogP) is 3.64. The number of rotatable bonds is 12. The molecular formula is C21H29F2N5O2. The Morgan fingerprint density at radius 1 is 1.10 bits per heavy atom. The van der Waals surface area contributed by atoms with Gasteiger partial charge >= 0.3 is 6.61 Å². The molecule has 1 aromatic heterocycles. The van der Waals surface area contributed by atoms with E-state index in [1.165, 1.54) is 0 Å². The van der Waals surface area contributed by atoms with E-state index < -0.39 is 6.61 Å². The lowest BCUT2D eigenvalue weighted by Crippen LogP contribution is -2.37. The van der Waals surface area contributed by atoms with Crippen molar-refractivity contribution in [2.24, 2.45) is 4.99 Å². The summed E-state index contributed by atoms with van der Waals surface area (Å²) in [6.45, 7) is 1.03. The average Bonchev–Trinajstić information content (AvgIpc) is 2.75. The SMILES string of the molecule is CCOc1cccc(CNC(=NC)NCCCCNc2ccccn2)c1OC(F)F. The van der Waals surface area contributed by atoms with E-state index in [-0.39, 0.29) is 12.3 Å². The summed E-state index contributed by atoms with van der Waals surface area (Å²) in [5.41, 5.74) is 0.559. The van der Waals surface area contributed by atoms with Crippen molar-refractivity contribution in [3.8, 4) is 11.5 Å². The molecule has 7 nitrogen and oxygen atoms in total. The largest absolute Gasteiger partial charge is 0.490 e. The average molecular weight is 421 g/mol. The number of hydrogen-bond acceptors (Lipinski definition) is 5. The molecular weight excluding hydrogens is 392 g/mol. The number of pyridine rings is 1. The van der Waals surface area contributed by atoms with E-state index in [4.69, 9.17) is 4.74 Å². The molecule has 0 fully saturated rings. The number of aliphatic imine (C=N–C) groups is 1. The number of hydrogen-bond donors (Lipinski definition) is 3. The van der Waals surface area contributed by atoms with Gasteiger partial charge in [-0.25, -0.2) is 4.98 Å². The Kier molecular flexibility index (Phi) is 10.2. The van der Waals surface area contributed by atoms with E-state index in [0.29, 0.717) is 23.9 Å². The highest BCUT2D eigenvalue weighted by molar-refractivity contribution is 5.79. The molecule has 164 valence electrons. The predicted molar refractivity (Wildman–Crippen MR) is 114 cm³/mol. The highest BCUT2D eigenvalue weighted by Crippen LogP contribution is 2.32. The van der Waals surface area contributed by atoms with Gasteiger partial charge in [0.2, 0.25) is 0 Å². The van der Waals surface area contributed by atoms with Crippen molar-refractivity contribution in [2.75, 3.05) is 32.1 Å². The van der Waals surface area contributed by atoms with Gasteiger partial charge in [0.25, 0.3) is 0 Å². The maximum absolute atomic E-state index is 12.8. The topological polar surface area (TPSA) is 79.8 Å². The summed E-state index contributed by atoms with van der Waals surface area (Å²) in [5, 5.41) is 9.59. The Morgan fingerprint density at radius 3 is 2.63 bits per heavy atom. The molecule has 1 heterocycles. The van der Waals surface area contributed by atoms with Gasteiger partial charge in [-0.15, -0.1) is 0 Å². The van der Waals surface area contributed by atoms with Crippen molar-refractivity contribution in [3.05, 3.63) is 48.2 Å². The van der Waals surface area contributed by atoms with Gasteiger partial charge in [0.1, 0.15) is 5.82 Å². The molecule has 2 rings (SSSR count). The minimum absolute atomic E-state index is 0.0397. The molecule has 0 saturated heterocycles. The van der Waals surface area contributed by atoms with Crippen molar-refractivity contribution in [2.45, 2.75) is 32.9 Å². The van der Waals surface area contributed by atoms with Crippen LogP contribution in [0.25, 0.3) is 0 Å². The first-order valence-electron chi connectivity index (χ1n) is 9.93. The van der Waals surface area contributed by atoms with Crippen LogP contribution < -0.4 is 25.4 Å². The molecule has 0 atom stereocenters. The first kappa shape index (κ1) is 23.2. The first-order chi connectivity index (χ1) is 14.6. The van der Waals surface area contributed by atoms with Crippen LogP contribution in [0.1, 0.15) is 25.3 Å². The number of guanidine groups is 1. The van der Waals surface area contributed by atoms with Crippen molar-refractivity contribution >= 4 is 11.8 Å². The molecule has 0 unspecified atom stereocenters. The van der Waals surface area contributed by atoms with Gasteiger partial charge in [-0.05, 0) is 38.0 Å². The van der Waals surface area contributed by atoms with Gasteiger partial charge in [-0.1, -0.05) is 18.2 Å². The van der Waals surface area contributed by atoms with Gasteiger partial charge in [0.05, 0.1) is 6.61 Å². The highest BCUT2D eigenvalue weighted by atomic mass is 19.3. The minimum atomic E-state index is -2.93. The molecule has 0 amide bonds. The molecule has 0 bridgehead atoms. The van der Waals surface area contributed by atoms with E-state index in [1.807, 2.05) is 18.2 Å². The third-order valence-corrected chi connectivity index (χ3v) is 4.10. The zero-order valence-corrected chi connectivity index (χ0v) is 17.3. The maximum atomic E-state index is 12.8. The molecule has 0 spiro atoms. The second-order valence-corrected chi connectivity index (χ2v) is 6.26. The molecule has 0 aliphatic rings. The molecule has 9 heteroatoms. The Labute approximate surface area is 175 Å². The summed E-state index contributed by atoms with van der Waals surface area (Å²) in [7, 11) is 1.66. The lowest BCUT2D eigenvalue weighted by molar-refractivity contribution is -0.0520. The van der Waals surface area contributed by atoms with E-state index >= 15 is 0 Å². The highest BCUT2D eigenvalue weighted by Gasteiger charge is 2.15. The number of unbranched alkanes of at least 4 members (excludes halogenated alkanes) is 1. The van der Waals surface area contributed by atoms with E-state index in [1.54, 1.807) is 38.4 Å². The van der Waals surface area contributed by atoms with Gasteiger partial charge in [-0.3, -0.25) is 4.99 Å². The lowest BCUT2D eigenvalue weighted by Gasteiger charge is -2.17. The lowest BCUT2D eigenvalue weighted by atomic mass is 10.2. The van der Waals surface area contributed by atoms with Crippen LogP contribution in [-0.4, -0.2) is 44.3 Å². The van der Waals surface area contributed by atoms with Crippen molar-refractivity contribution in [3.63, 3.8) is 0 Å². The Bertz CT molecular complexity index is 775. The smallest absolute Gasteiger partial charge is 0.387 e. The molecule has 0 aliphatic heterocycles. The number of aromatic nitrogens is 1. The number of ether oxygens (including phenoxy) is 2. The van der Waals surface area contributed by atoms with Gasteiger partial charge in [-0.2, -0.15) is 8.78 Å². The monoisotopic (exact) mass is 421 g/mol. The summed E-state index contributed by atoms with van der Waals surface area (Å²) >= 11 is 0. The Morgan fingerprint density at radius 2 is 1.93 bits per heavy atom. The fourth-order valence-corrected chi connectivity index (χ4v) is 2.73. The summed E-state index contributed by atoms with van der Waals surface area (Å²) in [5.74, 6) is 1.77. The molecule has 1 aromatic carbocycles. The molecule has 0 radical (unpaired) electrons. The summed E-state index contributed by atoms with van der Waals surface area (Å²) in [6.07, 6.45) is 3.64. The van der Waals surface area contributed by atoms with Crippen LogP contribution in [0.3, 0.4) is 0 Å². The standard InChI is InChI=1S/C21H29F2N5O2/c1-3-29-17-10-8-9-16(19(17)30-20(22)23)15-28-21(24-2)27-14-7-6-13-26-18-11-4-5-12-25-18/h4-5,8-12,20H,3,6-7,13-15H2,1-2H3,(H,25,26)(H2,24,27,28). The Hall–Kier alpha value is -3.10.